The third kappa shape index (κ3) is 2.69. The second kappa shape index (κ2) is 5.79. The van der Waals surface area contributed by atoms with Crippen molar-refractivity contribution in [2.75, 3.05) is 24.5 Å². The lowest BCUT2D eigenvalue weighted by atomic mass is 10.0. The Bertz CT molecular complexity index is 966. The molecule has 2 aliphatic rings. The van der Waals surface area contributed by atoms with Crippen LogP contribution in [0.2, 0.25) is 0 Å². The van der Waals surface area contributed by atoms with Crippen molar-refractivity contribution in [2.45, 2.75) is 25.7 Å². The molecule has 0 atom stereocenters. The molecule has 1 amide bonds. The van der Waals surface area contributed by atoms with Gasteiger partial charge in [-0.1, -0.05) is 0 Å². The van der Waals surface area contributed by atoms with Crippen LogP contribution in [0.25, 0.3) is 5.65 Å². The van der Waals surface area contributed by atoms with Crippen molar-refractivity contribution in [2.24, 2.45) is 5.92 Å². The van der Waals surface area contributed by atoms with E-state index in [2.05, 4.69) is 30.6 Å². The molecule has 2 fully saturated rings. The summed E-state index contributed by atoms with van der Waals surface area (Å²) in [6.45, 7) is 4.27. The Hall–Kier alpha value is -2.97. The highest BCUT2D eigenvalue weighted by Crippen LogP contribution is 2.38. The number of aromatic nitrogens is 6. The summed E-state index contributed by atoms with van der Waals surface area (Å²) < 4.78 is 1.88. The molecule has 0 unspecified atom stereocenters. The van der Waals surface area contributed by atoms with E-state index in [1.807, 2.05) is 23.6 Å². The Morgan fingerprint density at radius 2 is 2.15 bits per heavy atom. The van der Waals surface area contributed by atoms with Gasteiger partial charge in [0, 0.05) is 37.2 Å². The molecule has 0 spiro atoms. The van der Waals surface area contributed by atoms with Gasteiger partial charge in [0.2, 0.25) is 0 Å². The van der Waals surface area contributed by atoms with Gasteiger partial charge in [-0.3, -0.25) is 9.89 Å². The number of hydrogen-bond acceptors (Lipinski definition) is 6. The maximum absolute atomic E-state index is 12.0. The van der Waals surface area contributed by atoms with Gasteiger partial charge < -0.3 is 10.2 Å². The van der Waals surface area contributed by atoms with Crippen LogP contribution in [0.5, 0.6) is 0 Å². The summed E-state index contributed by atoms with van der Waals surface area (Å²) in [6, 6.07) is 5.70. The van der Waals surface area contributed by atoms with E-state index in [4.69, 9.17) is 5.10 Å². The first-order valence-corrected chi connectivity index (χ1v) is 8.95. The standard InChI is InChI=1S/C17H20N8O/c1-10-6-13(20-19-10)17(26)18-7-11-8-24(9-11)15-5-4-14-21-22-16(12-2-3-12)25(14)23-15/h4-6,11-12H,2-3,7-9H2,1H3,(H,18,26)(H,19,20). The van der Waals surface area contributed by atoms with Crippen LogP contribution in [0.4, 0.5) is 5.82 Å². The third-order valence-corrected chi connectivity index (χ3v) is 4.99. The molecule has 0 bridgehead atoms. The molecule has 0 aromatic carbocycles. The molecular formula is C17H20N8O. The number of hydrogen-bond donors (Lipinski definition) is 2. The first-order chi connectivity index (χ1) is 12.7. The third-order valence-electron chi connectivity index (χ3n) is 4.99. The molecule has 4 heterocycles. The smallest absolute Gasteiger partial charge is 0.271 e. The minimum atomic E-state index is -0.133. The molecule has 0 radical (unpaired) electrons. The summed E-state index contributed by atoms with van der Waals surface area (Å²) in [5.41, 5.74) is 2.12. The van der Waals surface area contributed by atoms with Crippen LogP contribution in [0.15, 0.2) is 18.2 Å². The monoisotopic (exact) mass is 352 g/mol. The van der Waals surface area contributed by atoms with Gasteiger partial charge in [-0.05, 0) is 38.0 Å². The Morgan fingerprint density at radius 1 is 1.31 bits per heavy atom. The van der Waals surface area contributed by atoms with Crippen molar-refractivity contribution < 1.29 is 4.79 Å². The van der Waals surface area contributed by atoms with Crippen LogP contribution < -0.4 is 10.2 Å². The molecular weight excluding hydrogens is 332 g/mol. The van der Waals surface area contributed by atoms with Gasteiger partial charge in [0.05, 0.1) is 0 Å². The molecule has 5 rings (SSSR count). The van der Waals surface area contributed by atoms with E-state index in [1.165, 1.54) is 12.8 Å². The highest BCUT2D eigenvalue weighted by molar-refractivity contribution is 5.92. The fraction of sp³-hybridized carbons (Fsp3) is 0.471. The minimum Gasteiger partial charge on any atom is -0.354 e. The van der Waals surface area contributed by atoms with Crippen molar-refractivity contribution in [3.63, 3.8) is 0 Å². The van der Waals surface area contributed by atoms with Gasteiger partial charge in [-0.15, -0.1) is 15.3 Å². The number of amides is 1. The molecule has 3 aromatic rings. The second-order valence-corrected chi connectivity index (χ2v) is 7.21. The summed E-state index contributed by atoms with van der Waals surface area (Å²) >= 11 is 0. The Labute approximate surface area is 149 Å². The van der Waals surface area contributed by atoms with Gasteiger partial charge >= 0.3 is 0 Å². The summed E-state index contributed by atoms with van der Waals surface area (Å²) in [5.74, 6) is 2.70. The lowest BCUT2D eigenvalue weighted by Crippen LogP contribution is -2.52. The zero-order valence-corrected chi connectivity index (χ0v) is 14.5. The summed E-state index contributed by atoms with van der Waals surface area (Å²) in [7, 11) is 0. The number of carbonyl (C=O) groups excluding carboxylic acids is 1. The van der Waals surface area contributed by atoms with E-state index in [0.717, 1.165) is 36.1 Å². The zero-order chi connectivity index (χ0) is 17.7. The topological polar surface area (TPSA) is 104 Å². The molecule has 3 aromatic heterocycles. The largest absolute Gasteiger partial charge is 0.354 e. The molecule has 134 valence electrons. The van der Waals surface area contributed by atoms with Gasteiger partial charge in [-0.25, -0.2) is 0 Å². The normalized spacial score (nSPS) is 17.5. The van der Waals surface area contributed by atoms with E-state index < -0.39 is 0 Å². The Morgan fingerprint density at radius 3 is 2.88 bits per heavy atom. The molecule has 1 saturated heterocycles. The average molecular weight is 352 g/mol. The fourth-order valence-electron chi connectivity index (χ4n) is 3.31. The lowest BCUT2D eigenvalue weighted by molar-refractivity contribution is 0.0939. The Balaban J connectivity index is 1.19. The highest BCUT2D eigenvalue weighted by Gasteiger charge is 2.31. The van der Waals surface area contributed by atoms with Crippen LogP contribution >= 0.6 is 0 Å². The summed E-state index contributed by atoms with van der Waals surface area (Å²) in [6.07, 6.45) is 2.35. The quantitative estimate of drug-likeness (QED) is 0.707. The number of nitrogens with zero attached hydrogens (tertiary/aromatic N) is 6. The SMILES string of the molecule is Cc1cc(C(=O)NCC2CN(c3ccc4nnc(C5CC5)n4n3)C2)n[nH]1. The van der Waals surface area contributed by atoms with E-state index in [9.17, 15) is 4.79 Å². The van der Waals surface area contributed by atoms with Crippen LogP contribution in [-0.4, -0.2) is 55.6 Å². The minimum absolute atomic E-state index is 0.133. The molecule has 2 N–H and O–H groups in total. The van der Waals surface area contributed by atoms with E-state index in [-0.39, 0.29) is 5.91 Å². The first kappa shape index (κ1) is 15.3. The number of anilines is 1. The van der Waals surface area contributed by atoms with Crippen molar-refractivity contribution >= 4 is 17.4 Å². The van der Waals surface area contributed by atoms with Crippen molar-refractivity contribution in [1.82, 2.24) is 35.3 Å². The van der Waals surface area contributed by atoms with E-state index in [0.29, 0.717) is 24.1 Å². The van der Waals surface area contributed by atoms with E-state index >= 15 is 0 Å². The van der Waals surface area contributed by atoms with Gasteiger partial charge in [0.25, 0.3) is 5.91 Å². The summed E-state index contributed by atoms with van der Waals surface area (Å²) in [5, 5.41) is 22.9. The highest BCUT2D eigenvalue weighted by atomic mass is 16.1. The number of aromatic amines is 1. The van der Waals surface area contributed by atoms with Crippen LogP contribution in [-0.2, 0) is 0 Å². The van der Waals surface area contributed by atoms with Gasteiger partial charge in [-0.2, -0.15) is 9.61 Å². The number of carbonyl (C=O) groups is 1. The van der Waals surface area contributed by atoms with E-state index in [1.54, 1.807) is 6.07 Å². The second-order valence-electron chi connectivity index (χ2n) is 7.21. The Kier molecular flexibility index (Phi) is 3.41. The predicted octanol–water partition coefficient (Wildman–Crippen LogP) is 0.899. The average Bonchev–Trinajstić information content (AvgIpc) is 3.21. The molecule has 26 heavy (non-hydrogen) atoms. The van der Waals surface area contributed by atoms with Gasteiger partial charge in [0.15, 0.2) is 11.5 Å². The number of nitrogens with one attached hydrogen (secondary N) is 2. The van der Waals surface area contributed by atoms with Crippen LogP contribution in [0.3, 0.4) is 0 Å². The number of fused-ring (bicyclic) bond motifs is 1. The molecule has 9 heteroatoms. The molecule has 1 aliphatic carbocycles. The van der Waals surface area contributed by atoms with Crippen LogP contribution in [0.1, 0.15) is 40.8 Å². The van der Waals surface area contributed by atoms with Crippen molar-refractivity contribution in [3.05, 3.63) is 35.4 Å². The lowest BCUT2D eigenvalue weighted by Gasteiger charge is -2.40. The van der Waals surface area contributed by atoms with Gasteiger partial charge in [0.1, 0.15) is 11.5 Å². The van der Waals surface area contributed by atoms with Crippen molar-refractivity contribution in [3.8, 4) is 0 Å². The molecule has 1 saturated carbocycles. The summed E-state index contributed by atoms with van der Waals surface area (Å²) in [4.78, 5) is 14.3. The van der Waals surface area contributed by atoms with Crippen LogP contribution in [0, 0.1) is 12.8 Å². The number of aryl methyl sites for hydroxylation is 1. The maximum atomic E-state index is 12.0. The molecule has 1 aliphatic heterocycles. The first-order valence-electron chi connectivity index (χ1n) is 8.95. The molecule has 9 nitrogen and oxygen atoms in total. The number of rotatable bonds is 5. The predicted molar refractivity (Wildman–Crippen MR) is 94.1 cm³/mol. The van der Waals surface area contributed by atoms with Crippen molar-refractivity contribution in [1.29, 1.82) is 0 Å². The maximum Gasteiger partial charge on any atom is 0.271 e. The fourth-order valence-corrected chi connectivity index (χ4v) is 3.31. The zero-order valence-electron chi connectivity index (χ0n) is 14.5. The number of H-pyrrole nitrogens is 1.